The Balaban J connectivity index is 2.51. The molecule has 0 saturated heterocycles. The first-order valence-corrected chi connectivity index (χ1v) is 6.88. The zero-order valence-corrected chi connectivity index (χ0v) is 12.1. The van der Waals surface area contributed by atoms with Crippen LogP contribution in [0.5, 0.6) is 0 Å². The molecule has 0 saturated carbocycles. The Hall–Kier alpha value is -2.68. The standard InChI is InChI=1S/C15H17N5O/c1-3-10(4-2)14-13(9-16)18-19-20(14)12-7-5-11(6-8-12)15(17)21/h5-8,10H,3-4H2,1-2H3,(H2,17,21). The van der Waals surface area contributed by atoms with Crippen molar-refractivity contribution in [1.82, 2.24) is 15.0 Å². The first-order chi connectivity index (χ1) is 10.1. The van der Waals surface area contributed by atoms with Crippen LogP contribution in [0.1, 0.15) is 54.4 Å². The molecule has 0 unspecified atom stereocenters. The van der Waals surface area contributed by atoms with Crippen LogP contribution in [0.2, 0.25) is 0 Å². The Kier molecular flexibility index (Phi) is 4.33. The van der Waals surface area contributed by atoms with Crippen LogP contribution in [0.15, 0.2) is 24.3 Å². The maximum Gasteiger partial charge on any atom is 0.248 e. The van der Waals surface area contributed by atoms with E-state index in [0.717, 1.165) is 24.2 Å². The molecule has 0 spiro atoms. The topological polar surface area (TPSA) is 97.6 Å². The summed E-state index contributed by atoms with van der Waals surface area (Å²) in [4.78, 5) is 11.1. The number of aromatic nitrogens is 3. The molecule has 0 aliphatic heterocycles. The van der Waals surface area contributed by atoms with Crippen LogP contribution in [0.25, 0.3) is 5.69 Å². The number of nitriles is 1. The number of carbonyl (C=O) groups excluding carboxylic acids is 1. The van der Waals surface area contributed by atoms with E-state index in [2.05, 4.69) is 30.2 Å². The molecule has 1 heterocycles. The summed E-state index contributed by atoms with van der Waals surface area (Å²) in [5, 5.41) is 17.2. The SMILES string of the molecule is CCC(CC)c1c(C#N)nnn1-c1ccc(C(N)=O)cc1. The van der Waals surface area contributed by atoms with Crippen molar-refractivity contribution in [3.05, 3.63) is 41.2 Å². The fourth-order valence-electron chi connectivity index (χ4n) is 2.37. The first-order valence-electron chi connectivity index (χ1n) is 6.88. The Morgan fingerprint density at radius 1 is 1.33 bits per heavy atom. The van der Waals surface area contributed by atoms with Crippen molar-refractivity contribution in [1.29, 1.82) is 5.26 Å². The van der Waals surface area contributed by atoms with Gasteiger partial charge in [0.2, 0.25) is 5.91 Å². The summed E-state index contributed by atoms with van der Waals surface area (Å²) in [6.07, 6.45) is 1.80. The van der Waals surface area contributed by atoms with Crippen LogP contribution >= 0.6 is 0 Å². The fraction of sp³-hybridized carbons (Fsp3) is 0.333. The molecule has 1 amide bonds. The minimum absolute atomic E-state index is 0.213. The van der Waals surface area contributed by atoms with Gasteiger partial charge in [0.05, 0.1) is 11.4 Å². The molecular weight excluding hydrogens is 266 g/mol. The summed E-state index contributed by atoms with van der Waals surface area (Å²) < 4.78 is 1.67. The van der Waals surface area contributed by atoms with E-state index in [1.54, 1.807) is 28.9 Å². The van der Waals surface area contributed by atoms with Gasteiger partial charge < -0.3 is 5.73 Å². The molecule has 0 fully saturated rings. The van der Waals surface area contributed by atoms with Crippen molar-refractivity contribution >= 4 is 5.91 Å². The maximum absolute atomic E-state index is 11.1. The van der Waals surface area contributed by atoms with E-state index in [4.69, 9.17) is 5.73 Å². The van der Waals surface area contributed by atoms with Crippen LogP contribution in [0.4, 0.5) is 0 Å². The summed E-state index contributed by atoms with van der Waals surface area (Å²) in [5.74, 6) is -0.261. The molecule has 0 atom stereocenters. The molecular formula is C15H17N5O. The fourth-order valence-corrected chi connectivity index (χ4v) is 2.37. The molecule has 2 N–H and O–H groups in total. The highest BCUT2D eigenvalue weighted by Gasteiger charge is 2.21. The lowest BCUT2D eigenvalue weighted by Gasteiger charge is -2.14. The molecule has 0 bridgehead atoms. The Labute approximate surface area is 123 Å². The molecule has 2 aromatic rings. The number of hydrogen-bond donors (Lipinski definition) is 1. The monoisotopic (exact) mass is 283 g/mol. The Morgan fingerprint density at radius 3 is 2.43 bits per heavy atom. The number of benzene rings is 1. The normalized spacial score (nSPS) is 10.6. The van der Waals surface area contributed by atoms with Crippen LogP contribution < -0.4 is 5.73 Å². The summed E-state index contributed by atoms with van der Waals surface area (Å²) in [6, 6.07) is 8.88. The Morgan fingerprint density at radius 2 is 1.95 bits per heavy atom. The molecule has 0 aliphatic carbocycles. The van der Waals surface area contributed by atoms with Crippen molar-refractivity contribution in [3.63, 3.8) is 0 Å². The van der Waals surface area contributed by atoms with Crippen LogP contribution in [0, 0.1) is 11.3 Å². The molecule has 21 heavy (non-hydrogen) atoms. The number of amides is 1. The predicted octanol–water partition coefficient (Wildman–Crippen LogP) is 2.14. The van der Waals surface area contributed by atoms with Gasteiger partial charge in [-0.15, -0.1) is 5.10 Å². The highest BCUT2D eigenvalue weighted by atomic mass is 16.1. The van der Waals surface area contributed by atoms with E-state index in [-0.39, 0.29) is 5.92 Å². The van der Waals surface area contributed by atoms with Gasteiger partial charge in [0, 0.05) is 11.5 Å². The van der Waals surface area contributed by atoms with Gasteiger partial charge in [-0.25, -0.2) is 4.68 Å². The van der Waals surface area contributed by atoms with E-state index in [1.165, 1.54) is 0 Å². The van der Waals surface area contributed by atoms with Crippen molar-refractivity contribution in [2.24, 2.45) is 5.73 Å². The molecule has 2 rings (SSSR count). The van der Waals surface area contributed by atoms with Crippen molar-refractivity contribution in [3.8, 4) is 11.8 Å². The molecule has 108 valence electrons. The number of rotatable bonds is 5. The molecule has 1 aromatic carbocycles. The largest absolute Gasteiger partial charge is 0.366 e. The van der Waals surface area contributed by atoms with Gasteiger partial charge in [-0.3, -0.25) is 4.79 Å². The molecule has 0 radical (unpaired) electrons. The van der Waals surface area contributed by atoms with Gasteiger partial charge in [0.25, 0.3) is 0 Å². The van der Waals surface area contributed by atoms with Gasteiger partial charge in [-0.1, -0.05) is 19.1 Å². The Bertz CT molecular complexity index is 677. The summed E-state index contributed by atoms with van der Waals surface area (Å²) >= 11 is 0. The van der Waals surface area contributed by atoms with Crippen molar-refractivity contribution < 1.29 is 4.79 Å². The van der Waals surface area contributed by atoms with E-state index in [9.17, 15) is 10.1 Å². The highest BCUT2D eigenvalue weighted by molar-refractivity contribution is 5.92. The van der Waals surface area contributed by atoms with E-state index in [0.29, 0.717) is 11.3 Å². The smallest absolute Gasteiger partial charge is 0.248 e. The zero-order chi connectivity index (χ0) is 15.4. The predicted molar refractivity (Wildman–Crippen MR) is 77.9 cm³/mol. The summed E-state index contributed by atoms with van der Waals surface area (Å²) in [7, 11) is 0. The zero-order valence-electron chi connectivity index (χ0n) is 12.1. The number of carbonyl (C=O) groups is 1. The minimum Gasteiger partial charge on any atom is -0.366 e. The second-order valence-corrected chi connectivity index (χ2v) is 4.77. The average molecular weight is 283 g/mol. The second kappa shape index (κ2) is 6.18. The molecule has 6 nitrogen and oxygen atoms in total. The molecule has 0 aliphatic rings. The molecule has 1 aromatic heterocycles. The number of nitrogens with two attached hydrogens (primary N) is 1. The van der Waals surface area contributed by atoms with E-state index < -0.39 is 5.91 Å². The van der Waals surface area contributed by atoms with E-state index >= 15 is 0 Å². The van der Waals surface area contributed by atoms with Crippen molar-refractivity contribution in [2.45, 2.75) is 32.6 Å². The van der Waals surface area contributed by atoms with Gasteiger partial charge in [0.1, 0.15) is 6.07 Å². The van der Waals surface area contributed by atoms with Gasteiger partial charge in [-0.05, 0) is 37.1 Å². The average Bonchev–Trinajstić information content (AvgIpc) is 2.92. The minimum atomic E-state index is -0.474. The number of nitrogens with zero attached hydrogens (tertiary/aromatic N) is 4. The van der Waals surface area contributed by atoms with Gasteiger partial charge >= 0.3 is 0 Å². The number of hydrogen-bond acceptors (Lipinski definition) is 4. The van der Waals surface area contributed by atoms with E-state index in [1.807, 2.05) is 0 Å². The van der Waals surface area contributed by atoms with Gasteiger partial charge in [0.15, 0.2) is 5.69 Å². The van der Waals surface area contributed by atoms with Gasteiger partial charge in [-0.2, -0.15) is 5.26 Å². The lowest BCUT2D eigenvalue weighted by Crippen LogP contribution is -2.12. The third-order valence-corrected chi connectivity index (χ3v) is 3.58. The quantitative estimate of drug-likeness (QED) is 0.908. The lowest BCUT2D eigenvalue weighted by molar-refractivity contribution is 0.100. The first kappa shape index (κ1) is 14.7. The third-order valence-electron chi connectivity index (χ3n) is 3.58. The van der Waals surface area contributed by atoms with Crippen LogP contribution in [-0.2, 0) is 0 Å². The highest BCUT2D eigenvalue weighted by Crippen LogP contribution is 2.27. The summed E-state index contributed by atoms with van der Waals surface area (Å²) in [5.41, 5.74) is 7.59. The van der Waals surface area contributed by atoms with Crippen LogP contribution in [0.3, 0.4) is 0 Å². The summed E-state index contributed by atoms with van der Waals surface area (Å²) in [6.45, 7) is 4.14. The van der Waals surface area contributed by atoms with Crippen molar-refractivity contribution in [2.75, 3.05) is 0 Å². The lowest BCUT2D eigenvalue weighted by atomic mass is 9.97. The number of primary amides is 1. The maximum atomic E-state index is 11.1. The van der Waals surface area contributed by atoms with Crippen LogP contribution in [-0.4, -0.2) is 20.9 Å². The third kappa shape index (κ3) is 2.77. The second-order valence-electron chi connectivity index (χ2n) is 4.77. The molecule has 6 heteroatoms.